The van der Waals surface area contributed by atoms with Gasteiger partial charge in [-0.3, -0.25) is 4.57 Å². The molecule has 0 bridgehead atoms. The number of nitrogens with zero attached hydrogens (tertiary/aromatic N) is 2. The average Bonchev–Trinajstić information content (AvgIpc) is 3.66. The minimum Gasteiger partial charge on any atom is -0.292 e. The zero-order valence-corrected chi connectivity index (χ0v) is 39.6. The van der Waals surface area contributed by atoms with Crippen molar-refractivity contribution in [3.05, 3.63) is 91.0 Å². The lowest BCUT2D eigenvalue weighted by atomic mass is 9.59. The third kappa shape index (κ3) is 6.19. The van der Waals surface area contributed by atoms with Gasteiger partial charge in [-0.15, -0.1) is 49.2 Å². The molecular formula is C45H45B15N2. The highest BCUT2D eigenvalue weighted by atomic mass is 15.1. The molecule has 8 aromatic carbocycles. The normalized spacial score (nSPS) is 11.5. The zero-order valence-electron chi connectivity index (χ0n) is 39.6. The molecule has 0 saturated carbocycles. The molecule has 0 aliphatic carbocycles. The minimum atomic E-state index is 0.991. The molecule has 9 aromatic rings. The van der Waals surface area contributed by atoms with E-state index in [0.29, 0.717) is 0 Å². The fraction of sp³-hybridized carbons (Fsp3) is 0. The molecule has 0 radical (unpaired) electrons. The van der Waals surface area contributed by atoms with Gasteiger partial charge in [-0.2, -0.15) is 0 Å². The molecule has 1 heterocycles. The van der Waals surface area contributed by atoms with Crippen LogP contribution in [0.15, 0.2) is 91.0 Å². The van der Waals surface area contributed by atoms with Crippen LogP contribution >= 0.6 is 0 Å². The maximum Gasteiger partial charge on any atom is 0.144 e. The second kappa shape index (κ2) is 15.5. The molecule has 280 valence electrons. The Labute approximate surface area is 381 Å². The van der Waals surface area contributed by atoms with Crippen molar-refractivity contribution in [3.8, 4) is 50.5 Å². The van der Waals surface area contributed by atoms with E-state index in [1.54, 1.807) is 0 Å². The Bertz CT molecular complexity index is 3350. The number of benzene rings is 8. The van der Waals surface area contributed by atoms with Gasteiger partial charge in [0, 0.05) is 11.3 Å². The molecule has 0 spiro atoms. The van der Waals surface area contributed by atoms with Gasteiger partial charge in [0.2, 0.25) is 0 Å². The Morgan fingerprint density at radius 2 is 0.742 bits per heavy atom. The van der Waals surface area contributed by atoms with Gasteiger partial charge >= 0.3 is 0 Å². The zero-order chi connectivity index (χ0) is 44.2. The smallest absolute Gasteiger partial charge is 0.144 e. The van der Waals surface area contributed by atoms with E-state index in [2.05, 4.69) is 213 Å². The number of fused-ring (bicyclic) bond motifs is 3. The highest BCUT2D eigenvalue weighted by Crippen LogP contribution is 2.44. The van der Waals surface area contributed by atoms with E-state index in [1.807, 2.05) is 0 Å². The Kier molecular flexibility index (Phi) is 10.5. The standard InChI is InChI=1S/C45H45B15N2/c46-30-26(31(47)37(53)42(58)36(30)52)17-12-13-21-22(15-17)27(28-32(48)38(54)43(59)39(55)33(28)49)20-9-2-1-8-19(20)25(21)16-6-5-7-18(14-16)62-24-11-4-3-10-23(24)61-45(62)29-34(50)40(56)44(60)41(57)35(29)51/h1-15H,46-60H2. The molecule has 0 aliphatic rings. The van der Waals surface area contributed by atoms with Crippen LogP contribution in [0.2, 0.25) is 0 Å². The molecule has 1 aromatic heterocycles. The summed E-state index contributed by atoms with van der Waals surface area (Å²) in [6, 6.07) is 34.3. The van der Waals surface area contributed by atoms with Crippen LogP contribution in [0.25, 0.3) is 83.0 Å². The fourth-order valence-corrected chi connectivity index (χ4v) is 10.8. The van der Waals surface area contributed by atoms with Crippen LogP contribution in [-0.2, 0) is 0 Å². The van der Waals surface area contributed by atoms with Gasteiger partial charge in [0.05, 0.1) is 11.0 Å². The number of imidazole rings is 1. The largest absolute Gasteiger partial charge is 0.292 e. The predicted octanol–water partition coefficient (Wildman–Crippen LogP) is -14.1. The third-order valence-corrected chi connectivity index (χ3v) is 15.7. The number of para-hydroxylation sites is 2. The SMILES string of the molecule is Bc1c(B)c(B)c(-c2ccc3c(-c4cccc(-n5c(-c6c(B)c(B)c(B)c(B)c6B)nc6ccccc65)c4)c4ccccc4c(-c4c(B)c(B)c(B)c(B)c4B)c3c2)c(B)c1B. The molecular weight excluding hydrogens is 731 g/mol. The second-order valence-electron chi connectivity index (χ2n) is 18.4. The molecule has 0 saturated heterocycles. The van der Waals surface area contributed by atoms with Crippen molar-refractivity contribution in [3.63, 3.8) is 0 Å². The number of hydrogen-bond acceptors (Lipinski definition) is 1. The van der Waals surface area contributed by atoms with Crippen molar-refractivity contribution < 1.29 is 0 Å². The van der Waals surface area contributed by atoms with Crippen LogP contribution in [0.1, 0.15) is 0 Å². The van der Waals surface area contributed by atoms with E-state index in [1.165, 1.54) is 142 Å². The number of aromatic nitrogens is 2. The molecule has 0 fully saturated rings. The van der Waals surface area contributed by atoms with Crippen LogP contribution < -0.4 is 81.9 Å². The summed E-state index contributed by atoms with van der Waals surface area (Å²) >= 11 is 0. The average molecular weight is 776 g/mol. The summed E-state index contributed by atoms with van der Waals surface area (Å²) < 4.78 is 2.40. The molecule has 0 aliphatic heterocycles. The van der Waals surface area contributed by atoms with Gasteiger partial charge in [-0.05, 0) is 85.3 Å². The Balaban J connectivity index is 1.40. The van der Waals surface area contributed by atoms with E-state index in [0.717, 1.165) is 22.5 Å². The maximum atomic E-state index is 5.41. The van der Waals surface area contributed by atoms with E-state index in [-0.39, 0.29) is 0 Å². The molecule has 0 N–H and O–H groups in total. The van der Waals surface area contributed by atoms with E-state index >= 15 is 0 Å². The molecule has 17 heteroatoms. The van der Waals surface area contributed by atoms with Crippen molar-refractivity contribution >= 4 is 232 Å². The van der Waals surface area contributed by atoms with Crippen LogP contribution in [0, 0.1) is 0 Å². The Hall–Kier alpha value is -5.28. The number of hydrogen-bond donors (Lipinski definition) is 0. The fourth-order valence-electron chi connectivity index (χ4n) is 10.8. The lowest BCUT2D eigenvalue weighted by Gasteiger charge is -2.26. The first kappa shape index (κ1) is 42.0. The van der Waals surface area contributed by atoms with Crippen molar-refractivity contribution in [2.45, 2.75) is 0 Å². The van der Waals surface area contributed by atoms with Gasteiger partial charge in [0.1, 0.15) is 124 Å². The summed E-state index contributed by atoms with van der Waals surface area (Å²) in [5.74, 6) is 0.991. The molecule has 0 unspecified atom stereocenters. The van der Waals surface area contributed by atoms with Gasteiger partial charge in [-0.1, -0.05) is 93.4 Å². The van der Waals surface area contributed by atoms with Crippen LogP contribution in [-0.4, -0.2) is 127 Å². The molecule has 2 nitrogen and oxygen atoms in total. The molecule has 9 rings (SSSR count). The van der Waals surface area contributed by atoms with Crippen LogP contribution in [0.5, 0.6) is 0 Å². The quantitative estimate of drug-likeness (QED) is 0.126. The van der Waals surface area contributed by atoms with Crippen LogP contribution in [0.3, 0.4) is 0 Å². The highest BCUT2D eigenvalue weighted by molar-refractivity contribution is 6.71. The summed E-state index contributed by atoms with van der Waals surface area (Å²) in [4.78, 5) is 5.41. The lowest BCUT2D eigenvalue weighted by molar-refractivity contribution is 1.11. The van der Waals surface area contributed by atoms with Gasteiger partial charge < -0.3 is 0 Å². The Morgan fingerprint density at radius 1 is 0.306 bits per heavy atom. The second-order valence-corrected chi connectivity index (χ2v) is 18.4. The minimum absolute atomic E-state index is 0.991. The molecule has 0 amide bonds. The highest BCUT2D eigenvalue weighted by Gasteiger charge is 2.25. The summed E-state index contributed by atoms with van der Waals surface area (Å²) in [5, 5.41) is 5.09. The van der Waals surface area contributed by atoms with Crippen molar-refractivity contribution in [1.29, 1.82) is 0 Å². The van der Waals surface area contributed by atoms with Gasteiger partial charge in [0.25, 0.3) is 0 Å². The van der Waals surface area contributed by atoms with Crippen molar-refractivity contribution in [2.24, 2.45) is 0 Å². The summed E-state index contributed by atoms with van der Waals surface area (Å²) in [7, 11) is 34.3. The first-order valence-electron chi connectivity index (χ1n) is 22.3. The van der Waals surface area contributed by atoms with E-state index in [9.17, 15) is 0 Å². The number of rotatable bonds is 5. The molecule has 62 heavy (non-hydrogen) atoms. The third-order valence-electron chi connectivity index (χ3n) is 15.7. The van der Waals surface area contributed by atoms with Crippen molar-refractivity contribution in [1.82, 2.24) is 9.55 Å². The lowest BCUT2D eigenvalue weighted by Crippen LogP contribution is -2.55. The summed E-state index contributed by atoms with van der Waals surface area (Å²) in [6.07, 6.45) is 0. The first-order chi connectivity index (χ1) is 29.5. The summed E-state index contributed by atoms with van der Waals surface area (Å²) in [6.45, 7) is 0. The topological polar surface area (TPSA) is 17.8 Å². The first-order valence-corrected chi connectivity index (χ1v) is 22.3. The van der Waals surface area contributed by atoms with E-state index in [4.69, 9.17) is 4.98 Å². The van der Waals surface area contributed by atoms with E-state index < -0.39 is 0 Å². The summed E-state index contributed by atoms with van der Waals surface area (Å²) in [5.41, 5.74) is 32.5. The van der Waals surface area contributed by atoms with Crippen LogP contribution in [0.4, 0.5) is 0 Å². The van der Waals surface area contributed by atoms with Crippen molar-refractivity contribution in [2.75, 3.05) is 0 Å². The monoisotopic (exact) mass is 778 g/mol. The van der Waals surface area contributed by atoms with Gasteiger partial charge in [0.15, 0.2) is 0 Å². The maximum absolute atomic E-state index is 5.41. The Morgan fingerprint density at radius 3 is 1.31 bits per heavy atom. The van der Waals surface area contributed by atoms with Gasteiger partial charge in [-0.25, -0.2) is 4.98 Å². The molecule has 0 atom stereocenters. The predicted molar refractivity (Wildman–Crippen MR) is 320 cm³/mol.